The first-order valence-corrected chi connectivity index (χ1v) is 5.46. The molecular weight excluding hydrogens is 234 g/mol. The van der Waals surface area contributed by atoms with Crippen LogP contribution < -0.4 is 10.9 Å². The third-order valence-electron chi connectivity index (χ3n) is 2.52. The molecule has 0 aliphatic rings. The molecule has 6 nitrogen and oxygen atoms in total. The second-order valence-corrected chi connectivity index (χ2v) is 3.87. The van der Waals surface area contributed by atoms with Gasteiger partial charge in [-0.1, -0.05) is 0 Å². The smallest absolute Gasteiger partial charge is 0.253 e. The van der Waals surface area contributed by atoms with Crippen LogP contribution in [0.15, 0.2) is 27.5 Å². The molecule has 18 heavy (non-hydrogen) atoms. The number of pyridine rings is 1. The van der Waals surface area contributed by atoms with Gasteiger partial charge in [0.25, 0.3) is 5.91 Å². The van der Waals surface area contributed by atoms with Crippen molar-refractivity contribution in [2.75, 3.05) is 0 Å². The number of aryl methyl sites for hydroxylation is 2. The first-order chi connectivity index (χ1) is 8.56. The Labute approximate surface area is 103 Å². The molecule has 0 bridgehead atoms. The summed E-state index contributed by atoms with van der Waals surface area (Å²) in [4.78, 5) is 29.2. The second kappa shape index (κ2) is 4.87. The van der Waals surface area contributed by atoms with Crippen molar-refractivity contribution in [2.45, 2.75) is 20.4 Å². The van der Waals surface area contributed by atoms with E-state index in [-0.39, 0.29) is 18.0 Å². The average molecular weight is 247 g/mol. The van der Waals surface area contributed by atoms with Crippen LogP contribution in [0.3, 0.4) is 0 Å². The molecule has 2 heterocycles. The fourth-order valence-corrected chi connectivity index (χ4v) is 1.42. The number of rotatable bonds is 3. The minimum atomic E-state index is -0.292. The van der Waals surface area contributed by atoms with Gasteiger partial charge in [-0.2, -0.15) is 0 Å². The van der Waals surface area contributed by atoms with Crippen molar-refractivity contribution >= 4 is 5.91 Å². The molecule has 6 heteroatoms. The molecule has 94 valence electrons. The number of aromatic amines is 1. The van der Waals surface area contributed by atoms with Crippen LogP contribution in [0.4, 0.5) is 0 Å². The van der Waals surface area contributed by atoms with Gasteiger partial charge in [-0.15, -0.1) is 0 Å². The lowest BCUT2D eigenvalue weighted by Crippen LogP contribution is -2.23. The van der Waals surface area contributed by atoms with Gasteiger partial charge in [0.1, 0.15) is 5.76 Å². The van der Waals surface area contributed by atoms with Crippen LogP contribution in [0.1, 0.15) is 27.7 Å². The molecule has 0 unspecified atom stereocenters. The Morgan fingerprint density at radius 2 is 2.22 bits per heavy atom. The van der Waals surface area contributed by atoms with Crippen LogP contribution in [-0.4, -0.2) is 15.9 Å². The Hall–Kier alpha value is -2.37. The van der Waals surface area contributed by atoms with Crippen LogP contribution in [0.25, 0.3) is 0 Å². The summed E-state index contributed by atoms with van der Waals surface area (Å²) < 4.78 is 5.34. The van der Waals surface area contributed by atoms with Gasteiger partial charge in [0.2, 0.25) is 11.4 Å². The molecule has 0 spiro atoms. The van der Waals surface area contributed by atoms with Gasteiger partial charge in [0, 0.05) is 12.3 Å². The molecule has 0 atom stereocenters. The van der Waals surface area contributed by atoms with E-state index in [9.17, 15) is 9.59 Å². The molecule has 0 aromatic carbocycles. The van der Waals surface area contributed by atoms with Crippen LogP contribution in [0, 0.1) is 13.8 Å². The van der Waals surface area contributed by atoms with E-state index in [2.05, 4.69) is 15.3 Å². The minimum Gasteiger partial charge on any atom is -0.444 e. The number of oxazole rings is 1. The van der Waals surface area contributed by atoms with E-state index in [0.717, 1.165) is 11.5 Å². The van der Waals surface area contributed by atoms with Gasteiger partial charge < -0.3 is 14.7 Å². The monoisotopic (exact) mass is 247 g/mol. The van der Waals surface area contributed by atoms with Crippen molar-refractivity contribution in [2.24, 2.45) is 0 Å². The number of amides is 1. The minimum absolute atomic E-state index is 0.215. The van der Waals surface area contributed by atoms with Gasteiger partial charge in [0.05, 0.1) is 17.8 Å². The summed E-state index contributed by atoms with van der Waals surface area (Å²) in [6.07, 6.45) is 1.36. The molecule has 0 aliphatic heterocycles. The van der Waals surface area contributed by atoms with E-state index in [1.807, 2.05) is 13.8 Å². The molecule has 2 aromatic heterocycles. The maximum absolute atomic E-state index is 11.7. The van der Waals surface area contributed by atoms with Gasteiger partial charge in [-0.05, 0) is 19.9 Å². The van der Waals surface area contributed by atoms with Gasteiger partial charge in [-0.3, -0.25) is 9.59 Å². The maximum atomic E-state index is 11.7. The number of carbonyl (C=O) groups excluding carboxylic acids is 1. The summed E-state index contributed by atoms with van der Waals surface area (Å²) >= 11 is 0. The summed E-state index contributed by atoms with van der Waals surface area (Å²) in [5.74, 6) is 0.908. The number of hydrogen-bond donors (Lipinski definition) is 2. The molecule has 2 aromatic rings. The zero-order valence-corrected chi connectivity index (χ0v) is 10.1. The third-order valence-corrected chi connectivity index (χ3v) is 2.52. The highest BCUT2D eigenvalue weighted by atomic mass is 16.4. The predicted octanol–water partition coefficient (Wildman–Crippen LogP) is 0.910. The van der Waals surface area contributed by atoms with E-state index in [1.165, 1.54) is 18.3 Å². The molecule has 0 fully saturated rings. The number of H-pyrrole nitrogens is 1. The highest BCUT2D eigenvalue weighted by Crippen LogP contribution is 2.07. The molecule has 1 amide bonds. The lowest BCUT2D eigenvalue weighted by Gasteiger charge is -2.01. The highest BCUT2D eigenvalue weighted by Gasteiger charge is 2.09. The van der Waals surface area contributed by atoms with E-state index in [1.54, 1.807) is 0 Å². The van der Waals surface area contributed by atoms with Crippen LogP contribution in [-0.2, 0) is 6.54 Å². The molecule has 0 aliphatic carbocycles. The van der Waals surface area contributed by atoms with Crippen molar-refractivity contribution in [1.29, 1.82) is 0 Å². The average Bonchev–Trinajstić information content (AvgIpc) is 2.67. The number of nitrogens with zero attached hydrogens (tertiary/aromatic N) is 1. The standard InChI is InChI=1S/C12H13N3O3/c1-7-8(2)18-11(15-7)6-14-12(17)9-3-4-10(16)13-5-9/h3-5H,6H2,1-2H3,(H,13,16)(H,14,17). The van der Waals surface area contributed by atoms with Crippen molar-refractivity contribution < 1.29 is 9.21 Å². The number of hydrogen-bond acceptors (Lipinski definition) is 4. The summed E-state index contributed by atoms with van der Waals surface area (Å²) in [6, 6.07) is 2.76. The Morgan fingerprint density at radius 1 is 1.44 bits per heavy atom. The quantitative estimate of drug-likeness (QED) is 0.843. The third kappa shape index (κ3) is 2.65. The lowest BCUT2D eigenvalue weighted by atomic mass is 10.3. The molecule has 0 saturated carbocycles. The number of aromatic nitrogens is 2. The first kappa shape index (κ1) is 12.1. The van der Waals surface area contributed by atoms with Crippen molar-refractivity contribution in [1.82, 2.24) is 15.3 Å². The normalized spacial score (nSPS) is 10.3. The fourth-order valence-electron chi connectivity index (χ4n) is 1.42. The topological polar surface area (TPSA) is 88.0 Å². The summed E-state index contributed by atoms with van der Waals surface area (Å²) in [5.41, 5.74) is 0.948. The molecule has 0 saturated heterocycles. The van der Waals surface area contributed by atoms with Crippen molar-refractivity contribution in [3.05, 3.63) is 51.6 Å². The van der Waals surface area contributed by atoms with Gasteiger partial charge in [-0.25, -0.2) is 4.98 Å². The van der Waals surface area contributed by atoms with Crippen molar-refractivity contribution in [3.63, 3.8) is 0 Å². The second-order valence-electron chi connectivity index (χ2n) is 3.87. The Balaban J connectivity index is 2.00. The molecule has 2 rings (SSSR count). The first-order valence-electron chi connectivity index (χ1n) is 5.46. The fraction of sp³-hybridized carbons (Fsp3) is 0.250. The van der Waals surface area contributed by atoms with E-state index < -0.39 is 0 Å². The predicted molar refractivity (Wildman–Crippen MR) is 64.2 cm³/mol. The molecular formula is C12H13N3O3. The number of carbonyl (C=O) groups is 1. The van der Waals surface area contributed by atoms with Crippen molar-refractivity contribution in [3.8, 4) is 0 Å². The van der Waals surface area contributed by atoms with Crippen LogP contribution >= 0.6 is 0 Å². The SMILES string of the molecule is Cc1nc(CNC(=O)c2ccc(=O)[nH]c2)oc1C. The maximum Gasteiger partial charge on any atom is 0.253 e. The van der Waals surface area contributed by atoms with E-state index in [4.69, 9.17) is 4.42 Å². The zero-order chi connectivity index (χ0) is 13.1. The van der Waals surface area contributed by atoms with Crippen LogP contribution in [0.5, 0.6) is 0 Å². The van der Waals surface area contributed by atoms with Crippen LogP contribution in [0.2, 0.25) is 0 Å². The largest absolute Gasteiger partial charge is 0.444 e. The van der Waals surface area contributed by atoms with Gasteiger partial charge >= 0.3 is 0 Å². The van der Waals surface area contributed by atoms with E-state index >= 15 is 0 Å². The zero-order valence-electron chi connectivity index (χ0n) is 10.1. The lowest BCUT2D eigenvalue weighted by molar-refractivity contribution is 0.0946. The summed E-state index contributed by atoms with van der Waals surface area (Å²) in [6.45, 7) is 3.87. The highest BCUT2D eigenvalue weighted by molar-refractivity contribution is 5.93. The summed E-state index contributed by atoms with van der Waals surface area (Å²) in [5, 5.41) is 2.66. The Morgan fingerprint density at radius 3 is 2.78 bits per heavy atom. The Bertz CT molecular complexity index is 588. The van der Waals surface area contributed by atoms with E-state index in [0.29, 0.717) is 11.5 Å². The molecule has 2 N–H and O–H groups in total. The van der Waals surface area contributed by atoms with Gasteiger partial charge in [0.15, 0.2) is 0 Å². The number of nitrogens with one attached hydrogen (secondary N) is 2. The Kier molecular flexibility index (Phi) is 3.27. The summed E-state index contributed by atoms with van der Waals surface area (Å²) in [7, 11) is 0. The molecule has 0 radical (unpaired) electrons.